The molecule has 6 rings (SSSR count). The summed E-state index contributed by atoms with van der Waals surface area (Å²) in [6, 6.07) is 3.74. The van der Waals surface area contributed by atoms with Crippen LogP contribution in [0.3, 0.4) is 0 Å². The Kier molecular flexibility index (Phi) is 9.98. The number of aromatic hydroxyl groups is 2. The number of carbonyl (C=O) groups is 3. The van der Waals surface area contributed by atoms with Gasteiger partial charge in [0.2, 0.25) is 5.78 Å². The molecule has 0 amide bonds. The molecule has 2 aliphatic heterocycles. The lowest BCUT2D eigenvalue weighted by Crippen LogP contribution is -2.56. The minimum atomic E-state index is -2.05. The van der Waals surface area contributed by atoms with E-state index in [0.717, 1.165) is 0 Å². The Labute approximate surface area is 282 Å². The van der Waals surface area contributed by atoms with Gasteiger partial charge in [0.25, 0.3) is 0 Å². The largest absolute Gasteiger partial charge is 0.507 e. The second-order valence-corrected chi connectivity index (χ2v) is 12.8. The fourth-order valence-corrected chi connectivity index (χ4v) is 7.15. The van der Waals surface area contributed by atoms with Gasteiger partial charge in [-0.25, -0.2) is 0 Å². The van der Waals surface area contributed by atoms with Crippen LogP contribution >= 0.6 is 12.4 Å². The second kappa shape index (κ2) is 13.3. The van der Waals surface area contributed by atoms with E-state index >= 15 is 0 Å². The third-order valence-electron chi connectivity index (χ3n) is 9.75. The van der Waals surface area contributed by atoms with Crippen LogP contribution in [0.15, 0.2) is 18.2 Å². The zero-order valence-corrected chi connectivity index (χ0v) is 27.6. The molecule has 4 aliphatic rings. The van der Waals surface area contributed by atoms with Gasteiger partial charge in [-0.05, 0) is 26.8 Å². The molecule has 0 bridgehead atoms. The first-order chi connectivity index (χ1) is 22.2. The van der Waals surface area contributed by atoms with Gasteiger partial charge in [-0.2, -0.15) is 0 Å². The minimum absolute atomic E-state index is 0. The summed E-state index contributed by atoms with van der Waals surface area (Å²) in [5.74, 6) is -3.30. The monoisotopic (exact) mass is 693 g/mol. The van der Waals surface area contributed by atoms with Crippen molar-refractivity contribution in [2.24, 2.45) is 5.73 Å². The van der Waals surface area contributed by atoms with Crippen LogP contribution in [0, 0.1) is 0 Å². The number of nitrogens with two attached hydrogens (primary N) is 1. The third kappa shape index (κ3) is 5.88. The number of hydrogen-bond acceptors (Lipinski definition) is 14. The molecule has 2 saturated heterocycles. The highest BCUT2D eigenvalue weighted by Gasteiger charge is 2.50. The first-order valence-corrected chi connectivity index (χ1v) is 15.5. The number of fused-ring (bicyclic) bond motifs is 3. The van der Waals surface area contributed by atoms with Gasteiger partial charge in [-0.1, -0.05) is 12.1 Å². The lowest BCUT2D eigenvalue weighted by Gasteiger charge is -2.44. The van der Waals surface area contributed by atoms with Gasteiger partial charge in [-0.15, -0.1) is 12.4 Å². The molecule has 48 heavy (non-hydrogen) atoms. The molecule has 2 fully saturated rings. The van der Waals surface area contributed by atoms with Crippen LogP contribution in [0.5, 0.6) is 17.2 Å². The first-order valence-electron chi connectivity index (χ1n) is 15.5. The van der Waals surface area contributed by atoms with Gasteiger partial charge in [0, 0.05) is 48.4 Å². The minimum Gasteiger partial charge on any atom is -0.507 e. The van der Waals surface area contributed by atoms with Crippen molar-refractivity contribution in [1.29, 1.82) is 0 Å². The van der Waals surface area contributed by atoms with Crippen molar-refractivity contribution in [3.63, 3.8) is 0 Å². The van der Waals surface area contributed by atoms with E-state index in [9.17, 15) is 39.9 Å². The number of rotatable bonds is 6. The van der Waals surface area contributed by atoms with E-state index in [1.807, 2.05) is 0 Å². The number of phenolic OH excluding ortho intramolecular Hbond substituents is 2. The molecule has 0 radical (unpaired) electrons. The molecule has 2 heterocycles. The average molecular weight is 694 g/mol. The molecule has 262 valence electrons. The van der Waals surface area contributed by atoms with Gasteiger partial charge < -0.3 is 55.0 Å². The van der Waals surface area contributed by atoms with E-state index in [4.69, 9.17) is 29.4 Å². The average Bonchev–Trinajstić information content (AvgIpc) is 3.01. The number of carbonyl (C=O) groups excluding carboxylic acids is 3. The number of phenols is 2. The van der Waals surface area contributed by atoms with Crippen molar-refractivity contribution in [3.8, 4) is 17.2 Å². The summed E-state index contributed by atoms with van der Waals surface area (Å²) in [5, 5.41) is 54.8. The quantitative estimate of drug-likeness (QED) is 0.201. The van der Waals surface area contributed by atoms with Crippen LogP contribution in [0.2, 0.25) is 0 Å². The number of aliphatic hydroxyl groups is 3. The number of hydrogen-bond donors (Lipinski definition) is 6. The number of benzene rings is 2. The summed E-state index contributed by atoms with van der Waals surface area (Å²) in [4.78, 5) is 40.2. The van der Waals surface area contributed by atoms with E-state index in [0.29, 0.717) is 0 Å². The fraction of sp³-hybridized carbons (Fsp3) is 0.545. The molecule has 8 unspecified atom stereocenters. The molecule has 2 aromatic rings. The molecular weight excluding hydrogens is 654 g/mol. The molecule has 0 aromatic heterocycles. The van der Waals surface area contributed by atoms with Crippen molar-refractivity contribution >= 4 is 29.8 Å². The summed E-state index contributed by atoms with van der Waals surface area (Å²) in [6.07, 6.45) is -8.10. The summed E-state index contributed by atoms with van der Waals surface area (Å²) >= 11 is 0. The Hall–Kier alpha value is -3.18. The van der Waals surface area contributed by atoms with E-state index in [1.165, 1.54) is 32.2 Å². The lowest BCUT2D eigenvalue weighted by molar-refractivity contribution is -0.302. The van der Waals surface area contributed by atoms with E-state index < -0.39 is 107 Å². The molecule has 2 aliphatic carbocycles. The van der Waals surface area contributed by atoms with Crippen molar-refractivity contribution in [1.82, 2.24) is 0 Å². The molecule has 0 spiro atoms. The predicted octanol–water partition coefficient (Wildman–Crippen LogP) is 1.33. The number of halogens is 1. The normalized spacial score (nSPS) is 34.4. The van der Waals surface area contributed by atoms with Gasteiger partial charge in [0.15, 0.2) is 24.1 Å². The molecule has 0 saturated carbocycles. The Morgan fingerprint density at radius 3 is 2.23 bits per heavy atom. The first kappa shape index (κ1) is 36.1. The number of aliphatic hydroxyl groups excluding tert-OH is 2. The van der Waals surface area contributed by atoms with Crippen LogP contribution < -0.4 is 10.5 Å². The number of ketones is 3. The summed E-state index contributed by atoms with van der Waals surface area (Å²) < 4.78 is 29.4. The van der Waals surface area contributed by atoms with Gasteiger partial charge in [0.05, 0.1) is 48.2 Å². The standard InChI is InChI=1S/C33H39NO13.ClH/c1-12-27(37)18(36)9-22(44-12)47-32-13(2)45-21(8-17(32)34)46-20-11-33(42,14(3)35)10-16-24(20)31(41)26-25(29(16)39)28(38)15-6-5-7-19(43-4)23(15)30(26)40;/h5-7,12-13,17-18,20-22,27,32,36-37,39,41-42H,8-11,34H2,1-4H3;1H/t12?,13?,17?,18?,20-,21?,22?,27?,32?,33-;/m0./s1. The van der Waals surface area contributed by atoms with E-state index in [1.54, 1.807) is 13.8 Å². The molecular formula is C33H40ClNO13. The highest BCUT2D eigenvalue weighted by molar-refractivity contribution is 6.31. The summed E-state index contributed by atoms with van der Waals surface area (Å²) in [7, 11) is 1.33. The lowest BCUT2D eigenvalue weighted by atomic mass is 9.72. The van der Waals surface area contributed by atoms with Crippen LogP contribution in [0.1, 0.15) is 89.1 Å². The van der Waals surface area contributed by atoms with Gasteiger partial charge >= 0.3 is 0 Å². The fourth-order valence-electron chi connectivity index (χ4n) is 7.15. The Morgan fingerprint density at radius 2 is 1.60 bits per heavy atom. The maximum absolute atomic E-state index is 13.8. The van der Waals surface area contributed by atoms with Gasteiger partial charge in [0.1, 0.15) is 35.1 Å². The van der Waals surface area contributed by atoms with Crippen LogP contribution in [-0.4, -0.2) is 105 Å². The topological polar surface area (TPSA) is 225 Å². The SMILES string of the molecule is COc1cccc2c1C(=O)c1c(O)c3c(c(O)c1C2=O)C[C@@](O)(C(C)=O)C[C@@H]3OC1CC(N)C(OC2CC(O)C(O)C(C)O2)C(C)O1.Cl. The Balaban J connectivity index is 0.00000451. The molecule has 14 nitrogen and oxygen atoms in total. The van der Waals surface area contributed by atoms with Crippen LogP contribution in [0.25, 0.3) is 0 Å². The van der Waals surface area contributed by atoms with Crippen molar-refractivity contribution in [3.05, 3.63) is 51.6 Å². The predicted molar refractivity (Wildman–Crippen MR) is 167 cm³/mol. The van der Waals surface area contributed by atoms with Crippen LogP contribution in [-0.2, 0) is 30.2 Å². The third-order valence-corrected chi connectivity index (χ3v) is 9.75. The molecule has 7 N–H and O–H groups in total. The van der Waals surface area contributed by atoms with E-state index in [2.05, 4.69) is 0 Å². The van der Waals surface area contributed by atoms with Crippen molar-refractivity contribution in [2.75, 3.05) is 7.11 Å². The van der Waals surface area contributed by atoms with Crippen molar-refractivity contribution < 1.29 is 63.6 Å². The Morgan fingerprint density at radius 1 is 0.958 bits per heavy atom. The summed E-state index contributed by atoms with van der Waals surface area (Å²) in [6.45, 7) is 4.48. The number of ether oxygens (including phenoxy) is 5. The molecule has 10 atom stereocenters. The smallest absolute Gasteiger partial charge is 0.202 e. The number of methoxy groups -OCH3 is 1. The Bertz CT molecular complexity index is 1610. The zero-order valence-electron chi connectivity index (χ0n) is 26.7. The van der Waals surface area contributed by atoms with E-state index in [-0.39, 0.29) is 59.7 Å². The summed E-state index contributed by atoms with van der Waals surface area (Å²) in [5.41, 5.74) is 3.27. The maximum atomic E-state index is 13.8. The highest BCUT2D eigenvalue weighted by atomic mass is 35.5. The maximum Gasteiger partial charge on any atom is 0.202 e. The molecule has 2 aromatic carbocycles. The number of Topliss-reactive ketones (excluding diaryl/α,β-unsaturated/α-hetero) is 1. The highest BCUT2D eigenvalue weighted by Crippen LogP contribution is 2.52. The van der Waals surface area contributed by atoms with Gasteiger partial charge in [-0.3, -0.25) is 14.4 Å². The van der Waals surface area contributed by atoms with Crippen LogP contribution in [0.4, 0.5) is 0 Å². The second-order valence-electron chi connectivity index (χ2n) is 12.8. The molecule has 15 heteroatoms. The van der Waals surface area contributed by atoms with Crippen molar-refractivity contribution in [2.45, 2.75) is 107 Å². The zero-order chi connectivity index (χ0) is 34.1.